The number of carboxylic acids is 1. The van der Waals surface area contributed by atoms with Crippen molar-refractivity contribution in [2.24, 2.45) is 0 Å². The molecule has 5 rings (SSSR count). The minimum atomic E-state index is -1.04. The smallest absolute Gasteiger partial charge is 0.307 e. The lowest BCUT2D eigenvalue weighted by Gasteiger charge is -2.07. The fourth-order valence-corrected chi connectivity index (χ4v) is 5.53. The standard InChI is InChI=1S/C33H26Cl2N2O3S/c1-41(40)28-4-2-3-26(18-28)25-12-9-22(10-13-25)11-16-32-36-31(29-15-14-27(34)19-30(29)35)21-37(32)20-24-7-5-23(6-8-24)17-33(38)39/h2-16,18-19,21H,17,20H2,1H3,(H,38,39)/b16-11+. The maximum atomic E-state index is 11.9. The summed E-state index contributed by atoms with van der Waals surface area (Å²) in [5, 5.41) is 10.1. The van der Waals surface area contributed by atoms with E-state index in [1.165, 1.54) is 0 Å². The molecule has 0 amide bonds. The van der Waals surface area contributed by atoms with Crippen LogP contribution in [0.2, 0.25) is 10.0 Å². The second kappa shape index (κ2) is 12.7. The van der Waals surface area contributed by atoms with Crippen molar-refractivity contribution < 1.29 is 14.1 Å². The maximum absolute atomic E-state index is 11.9. The Bertz CT molecular complexity index is 1760. The van der Waals surface area contributed by atoms with Crippen LogP contribution in [0, 0.1) is 0 Å². The summed E-state index contributed by atoms with van der Waals surface area (Å²) in [5.41, 5.74) is 6.32. The molecule has 1 aromatic heterocycles. The maximum Gasteiger partial charge on any atom is 0.307 e. The lowest BCUT2D eigenvalue weighted by Crippen LogP contribution is -2.02. The molecule has 5 aromatic rings. The van der Waals surface area contributed by atoms with Gasteiger partial charge in [-0.1, -0.05) is 89.9 Å². The predicted octanol–water partition coefficient (Wildman–Crippen LogP) is 8.11. The van der Waals surface area contributed by atoms with Crippen LogP contribution in [0.3, 0.4) is 0 Å². The molecule has 0 aliphatic rings. The topological polar surface area (TPSA) is 72.2 Å². The van der Waals surface area contributed by atoms with Crippen molar-refractivity contribution in [3.63, 3.8) is 0 Å². The van der Waals surface area contributed by atoms with Crippen molar-refractivity contribution in [1.29, 1.82) is 0 Å². The number of hydrogen-bond donors (Lipinski definition) is 1. The molecule has 0 bridgehead atoms. The number of aliphatic carboxylic acids is 1. The van der Waals surface area contributed by atoms with Crippen LogP contribution >= 0.6 is 23.2 Å². The molecule has 4 aromatic carbocycles. The van der Waals surface area contributed by atoms with Crippen molar-refractivity contribution >= 4 is 52.1 Å². The zero-order valence-electron chi connectivity index (χ0n) is 22.1. The largest absolute Gasteiger partial charge is 0.481 e. The van der Waals surface area contributed by atoms with Gasteiger partial charge in [-0.2, -0.15) is 0 Å². The van der Waals surface area contributed by atoms with E-state index in [1.807, 2.05) is 102 Å². The summed E-state index contributed by atoms with van der Waals surface area (Å²) in [5.74, 6) is -0.119. The highest BCUT2D eigenvalue weighted by atomic mass is 35.5. The van der Waals surface area contributed by atoms with Gasteiger partial charge in [0.15, 0.2) is 0 Å². The van der Waals surface area contributed by atoms with Crippen LogP contribution in [0.15, 0.2) is 102 Å². The van der Waals surface area contributed by atoms with Crippen LogP contribution in [0.5, 0.6) is 0 Å². The summed E-state index contributed by atoms with van der Waals surface area (Å²) in [6.07, 6.45) is 7.58. The molecule has 0 aliphatic heterocycles. The van der Waals surface area contributed by atoms with E-state index in [0.29, 0.717) is 16.6 Å². The average molecular weight is 602 g/mol. The molecule has 0 spiro atoms. The SMILES string of the molecule is CS(=O)c1cccc(-c2ccc(/C=C/c3nc(-c4ccc(Cl)cc4Cl)cn3Cc3ccc(CC(=O)O)cc3)cc2)c1. The van der Waals surface area contributed by atoms with E-state index in [0.717, 1.165) is 49.8 Å². The Morgan fingerprint density at radius 3 is 2.32 bits per heavy atom. The zero-order valence-corrected chi connectivity index (χ0v) is 24.5. The zero-order chi connectivity index (χ0) is 28.9. The van der Waals surface area contributed by atoms with E-state index in [2.05, 4.69) is 0 Å². The van der Waals surface area contributed by atoms with E-state index >= 15 is 0 Å². The summed E-state index contributed by atoms with van der Waals surface area (Å²) in [6.45, 7) is 0.541. The lowest BCUT2D eigenvalue weighted by atomic mass is 10.0. The molecule has 0 radical (unpaired) electrons. The van der Waals surface area contributed by atoms with E-state index in [4.69, 9.17) is 33.3 Å². The molecular formula is C33H26Cl2N2O3S. The molecule has 8 heteroatoms. The van der Waals surface area contributed by atoms with Gasteiger partial charge in [-0.25, -0.2) is 4.98 Å². The van der Waals surface area contributed by atoms with Crippen molar-refractivity contribution in [2.45, 2.75) is 17.9 Å². The third-order valence-electron chi connectivity index (χ3n) is 6.58. The summed E-state index contributed by atoms with van der Waals surface area (Å²) in [7, 11) is -1.04. The van der Waals surface area contributed by atoms with Gasteiger partial charge < -0.3 is 9.67 Å². The highest BCUT2D eigenvalue weighted by Crippen LogP contribution is 2.30. The molecule has 0 aliphatic carbocycles. The van der Waals surface area contributed by atoms with Crippen LogP contribution in [-0.2, 0) is 28.6 Å². The lowest BCUT2D eigenvalue weighted by molar-refractivity contribution is -0.136. The number of aromatic nitrogens is 2. The first-order valence-corrected chi connectivity index (χ1v) is 15.1. The van der Waals surface area contributed by atoms with Gasteiger partial charge in [0, 0.05) is 45.3 Å². The Hall–Kier alpha value is -3.97. The Kier molecular flexibility index (Phi) is 8.84. The number of carboxylic acid groups (broad SMARTS) is 1. The Morgan fingerprint density at radius 2 is 1.63 bits per heavy atom. The fraction of sp³-hybridized carbons (Fsp3) is 0.0909. The monoisotopic (exact) mass is 600 g/mol. The number of halogens is 2. The second-order valence-corrected chi connectivity index (χ2v) is 11.8. The second-order valence-electron chi connectivity index (χ2n) is 9.56. The molecule has 5 nitrogen and oxygen atoms in total. The molecule has 0 saturated carbocycles. The number of rotatable bonds is 9. The number of benzene rings is 4. The molecule has 0 saturated heterocycles. The van der Waals surface area contributed by atoms with Gasteiger partial charge in [0.05, 0.1) is 17.1 Å². The summed E-state index contributed by atoms with van der Waals surface area (Å²) < 4.78 is 13.9. The summed E-state index contributed by atoms with van der Waals surface area (Å²) in [4.78, 5) is 16.7. The van der Waals surface area contributed by atoms with E-state index in [1.54, 1.807) is 18.4 Å². The van der Waals surface area contributed by atoms with Crippen molar-refractivity contribution in [2.75, 3.05) is 6.26 Å². The van der Waals surface area contributed by atoms with Crippen molar-refractivity contribution in [3.8, 4) is 22.4 Å². The molecular weight excluding hydrogens is 575 g/mol. The molecule has 1 N–H and O–H groups in total. The van der Waals surface area contributed by atoms with Gasteiger partial charge in [0.2, 0.25) is 0 Å². The predicted molar refractivity (Wildman–Crippen MR) is 168 cm³/mol. The Morgan fingerprint density at radius 1 is 0.902 bits per heavy atom. The molecule has 41 heavy (non-hydrogen) atoms. The van der Waals surface area contributed by atoms with E-state index < -0.39 is 16.8 Å². The van der Waals surface area contributed by atoms with Crippen LogP contribution in [0.4, 0.5) is 0 Å². The van der Waals surface area contributed by atoms with E-state index in [9.17, 15) is 9.00 Å². The van der Waals surface area contributed by atoms with Crippen molar-refractivity contribution in [3.05, 3.63) is 130 Å². The van der Waals surface area contributed by atoms with E-state index in [-0.39, 0.29) is 6.42 Å². The van der Waals surface area contributed by atoms with Gasteiger partial charge in [0.25, 0.3) is 0 Å². The average Bonchev–Trinajstić information content (AvgIpc) is 3.35. The third-order valence-corrected chi connectivity index (χ3v) is 8.05. The first-order chi connectivity index (χ1) is 19.7. The first kappa shape index (κ1) is 28.6. The molecule has 1 atom stereocenters. The van der Waals surface area contributed by atoms with Crippen LogP contribution in [0.25, 0.3) is 34.5 Å². The van der Waals surface area contributed by atoms with Gasteiger partial charge in [-0.3, -0.25) is 9.00 Å². The number of hydrogen-bond acceptors (Lipinski definition) is 3. The highest BCUT2D eigenvalue weighted by Gasteiger charge is 2.12. The highest BCUT2D eigenvalue weighted by molar-refractivity contribution is 7.84. The quantitative estimate of drug-likeness (QED) is 0.185. The number of imidazole rings is 1. The van der Waals surface area contributed by atoms with Gasteiger partial charge in [0.1, 0.15) is 5.82 Å². The molecule has 1 heterocycles. The molecule has 0 fully saturated rings. The van der Waals surface area contributed by atoms with Crippen LogP contribution in [0.1, 0.15) is 22.5 Å². The number of nitrogens with zero attached hydrogens (tertiary/aromatic N) is 2. The van der Waals surface area contributed by atoms with Crippen molar-refractivity contribution in [1.82, 2.24) is 9.55 Å². The normalized spacial score (nSPS) is 12.1. The van der Waals surface area contributed by atoms with Gasteiger partial charge in [-0.15, -0.1) is 0 Å². The first-order valence-electron chi connectivity index (χ1n) is 12.8. The van der Waals surface area contributed by atoms with Gasteiger partial charge >= 0.3 is 5.97 Å². The minimum absolute atomic E-state index is 0.0130. The fourth-order valence-electron chi connectivity index (χ4n) is 4.46. The Labute approximate surface area is 251 Å². The third kappa shape index (κ3) is 7.22. The van der Waals surface area contributed by atoms with Crippen LogP contribution < -0.4 is 0 Å². The minimum Gasteiger partial charge on any atom is -0.481 e. The summed E-state index contributed by atoms with van der Waals surface area (Å²) in [6, 6.07) is 28.8. The van der Waals surface area contributed by atoms with Gasteiger partial charge in [-0.05, 0) is 64.2 Å². The Balaban J connectivity index is 1.43. The molecule has 206 valence electrons. The van der Waals surface area contributed by atoms with Crippen LogP contribution in [-0.4, -0.2) is 31.1 Å². The summed E-state index contributed by atoms with van der Waals surface area (Å²) >= 11 is 12.6. The number of carbonyl (C=O) groups is 1. The molecule has 1 unspecified atom stereocenters.